The Morgan fingerprint density at radius 2 is 1.84 bits per heavy atom. The number of aryl methyl sites for hydroxylation is 2. The number of pyridine rings is 1. The van der Waals surface area contributed by atoms with Crippen molar-refractivity contribution < 1.29 is 28.9 Å². The molecule has 0 unspecified atom stereocenters. The molecule has 2 saturated heterocycles. The molecular formula is C28H32N4O6. The van der Waals surface area contributed by atoms with Crippen molar-refractivity contribution in [2.24, 2.45) is 0 Å². The molecule has 2 fully saturated rings. The number of hydrogen-bond acceptors (Lipinski definition) is 8. The monoisotopic (exact) mass is 520 g/mol. The highest BCUT2D eigenvalue weighted by atomic mass is 16.5. The number of carbonyl (C=O) groups excluding carboxylic acids is 2. The molecule has 1 N–H and O–H groups in total. The lowest BCUT2D eigenvalue weighted by Crippen LogP contribution is -2.42. The number of fused-ring (bicyclic) bond motifs is 1. The first-order valence-corrected chi connectivity index (χ1v) is 12.6. The molecule has 38 heavy (non-hydrogen) atoms. The number of amides is 1. The molecule has 2 aliphatic rings. The molecule has 3 aromatic rings. The van der Waals surface area contributed by atoms with Crippen LogP contribution >= 0.6 is 0 Å². The number of morpholine rings is 1. The Balaban J connectivity index is 1.68. The maximum Gasteiger partial charge on any atom is 0.295 e. The van der Waals surface area contributed by atoms with Crippen LogP contribution in [0.2, 0.25) is 0 Å². The Morgan fingerprint density at radius 1 is 1.08 bits per heavy atom. The van der Waals surface area contributed by atoms with Crippen molar-refractivity contribution in [1.82, 2.24) is 19.2 Å². The smallest absolute Gasteiger partial charge is 0.295 e. The molecule has 2 aliphatic heterocycles. The zero-order chi connectivity index (χ0) is 27.0. The summed E-state index contributed by atoms with van der Waals surface area (Å²) in [5.41, 5.74) is 3.07. The van der Waals surface area contributed by atoms with Gasteiger partial charge in [-0.2, -0.15) is 0 Å². The predicted octanol–water partition coefficient (Wildman–Crippen LogP) is 2.72. The first-order valence-electron chi connectivity index (χ1n) is 12.6. The van der Waals surface area contributed by atoms with E-state index in [0.717, 1.165) is 18.7 Å². The van der Waals surface area contributed by atoms with Crippen LogP contribution in [-0.2, 0) is 14.3 Å². The second-order valence-corrected chi connectivity index (χ2v) is 9.46. The fourth-order valence-corrected chi connectivity index (χ4v) is 5.37. The van der Waals surface area contributed by atoms with Gasteiger partial charge in [-0.05, 0) is 31.5 Å². The Labute approximate surface area is 221 Å². The first kappa shape index (κ1) is 25.7. The van der Waals surface area contributed by atoms with Crippen molar-refractivity contribution in [2.45, 2.75) is 19.9 Å². The van der Waals surface area contributed by atoms with E-state index >= 15 is 0 Å². The number of nitrogens with zero attached hydrogens (tertiary/aromatic N) is 4. The molecule has 1 aromatic carbocycles. The standard InChI is InChI=1S/C28H32N4O6/c1-17-7-6-10-31-22(18(2)29-27(17)31)24(33)21-23(19-8-5-9-20(36-3)26(19)37-4)32(28(35)25(21)34)12-11-30-13-15-38-16-14-30/h5-10,23,33H,11-16H2,1-4H3/t23-/m0/s1. The predicted molar refractivity (Wildman–Crippen MR) is 140 cm³/mol. The summed E-state index contributed by atoms with van der Waals surface area (Å²) in [5.74, 6) is -0.832. The van der Waals surface area contributed by atoms with Gasteiger partial charge in [0.1, 0.15) is 11.3 Å². The maximum absolute atomic E-state index is 13.6. The van der Waals surface area contributed by atoms with Gasteiger partial charge in [0.2, 0.25) is 0 Å². The molecule has 200 valence electrons. The minimum atomic E-state index is -0.879. The highest BCUT2D eigenvalue weighted by Gasteiger charge is 2.48. The molecule has 0 spiro atoms. The van der Waals surface area contributed by atoms with Gasteiger partial charge >= 0.3 is 0 Å². The zero-order valence-electron chi connectivity index (χ0n) is 22.1. The van der Waals surface area contributed by atoms with Crippen LogP contribution in [0.4, 0.5) is 0 Å². The normalized spacial score (nSPS) is 19.9. The van der Waals surface area contributed by atoms with Crippen LogP contribution < -0.4 is 9.47 Å². The van der Waals surface area contributed by atoms with Crippen LogP contribution in [0.1, 0.15) is 28.6 Å². The lowest BCUT2D eigenvalue weighted by molar-refractivity contribution is -0.140. The summed E-state index contributed by atoms with van der Waals surface area (Å²) < 4.78 is 18.4. The second kappa shape index (κ2) is 10.5. The number of carbonyl (C=O) groups is 2. The Morgan fingerprint density at radius 3 is 2.55 bits per heavy atom. The van der Waals surface area contributed by atoms with Gasteiger partial charge in [-0.15, -0.1) is 0 Å². The molecule has 4 heterocycles. The van der Waals surface area contributed by atoms with Gasteiger partial charge in [0.25, 0.3) is 11.7 Å². The summed E-state index contributed by atoms with van der Waals surface area (Å²) in [5, 5.41) is 11.7. The van der Waals surface area contributed by atoms with E-state index in [0.29, 0.717) is 53.9 Å². The number of rotatable bonds is 7. The summed E-state index contributed by atoms with van der Waals surface area (Å²) >= 11 is 0. The average molecular weight is 521 g/mol. The summed E-state index contributed by atoms with van der Waals surface area (Å²) in [6, 6.07) is 8.22. The lowest BCUT2D eigenvalue weighted by atomic mass is 9.95. The molecular weight excluding hydrogens is 488 g/mol. The van der Waals surface area contributed by atoms with Crippen molar-refractivity contribution >= 4 is 23.1 Å². The number of hydrogen-bond donors (Lipinski definition) is 1. The SMILES string of the molecule is COc1cccc([C@H]2C(=C(O)c3c(C)nc4c(C)cccn34)C(=O)C(=O)N2CCN2CCOCC2)c1OC. The van der Waals surface area contributed by atoms with E-state index in [1.807, 2.05) is 19.1 Å². The van der Waals surface area contributed by atoms with Gasteiger partial charge in [0.15, 0.2) is 17.3 Å². The minimum Gasteiger partial charge on any atom is -0.505 e. The van der Waals surface area contributed by atoms with E-state index in [2.05, 4.69) is 9.88 Å². The number of para-hydroxylation sites is 1. The molecule has 5 rings (SSSR count). The number of ketones is 1. The van der Waals surface area contributed by atoms with Crippen molar-refractivity contribution in [3.05, 3.63) is 64.6 Å². The molecule has 1 amide bonds. The minimum absolute atomic E-state index is 0.00469. The number of methoxy groups -OCH3 is 2. The highest BCUT2D eigenvalue weighted by molar-refractivity contribution is 6.46. The van der Waals surface area contributed by atoms with Gasteiger partial charge in [-0.1, -0.05) is 18.2 Å². The number of aromatic nitrogens is 2. The molecule has 0 aliphatic carbocycles. The third-order valence-corrected chi connectivity index (χ3v) is 7.27. The molecule has 0 saturated carbocycles. The molecule has 10 nitrogen and oxygen atoms in total. The quantitative estimate of drug-likeness (QED) is 0.288. The van der Waals surface area contributed by atoms with E-state index in [9.17, 15) is 14.7 Å². The van der Waals surface area contributed by atoms with E-state index in [1.165, 1.54) is 19.1 Å². The lowest BCUT2D eigenvalue weighted by Gasteiger charge is -2.31. The third-order valence-electron chi connectivity index (χ3n) is 7.27. The number of likely N-dealkylation sites (tertiary alicyclic amines) is 1. The summed E-state index contributed by atoms with van der Waals surface area (Å²) in [7, 11) is 3.04. The van der Waals surface area contributed by atoms with Crippen molar-refractivity contribution in [3.8, 4) is 11.5 Å². The topological polar surface area (TPSA) is 106 Å². The summed E-state index contributed by atoms with van der Waals surface area (Å²) in [6.07, 6.45) is 1.78. The van der Waals surface area contributed by atoms with Crippen LogP contribution in [0.5, 0.6) is 11.5 Å². The van der Waals surface area contributed by atoms with E-state index in [1.54, 1.807) is 35.7 Å². The molecule has 1 atom stereocenters. The van der Waals surface area contributed by atoms with Crippen molar-refractivity contribution in [1.29, 1.82) is 0 Å². The van der Waals surface area contributed by atoms with Crippen LogP contribution in [0.25, 0.3) is 11.4 Å². The zero-order valence-corrected chi connectivity index (χ0v) is 22.1. The van der Waals surface area contributed by atoms with Gasteiger partial charge in [-0.3, -0.25) is 18.9 Å². The fourth-order valence-electron chi connectivity index (χ4n) is 5.37. The first-order chi connectivity index (χ1) is 18.4. The molecule has 0 radical (unpaired) electrons. The maximum atomic E-state index is 13.6. The number of benzene rings is 1. The highest BCUT2D eigenvalue weighted by Crippen LogP contribution is 2.45. The van der Waals surface area contributed by atoms with Crippen LogP contribution in [0, 0.1) is 13.8 Å². The average Bonchev–Trinajstić information content (AvgIpc) is 3.40. The molecule has 2 aromatic heterocycles. The van der Waals surface area contributed by atoms with Crippen LogP contribution in [0.15, 0.2) is 42.1 Å². The van der Waals surface area contributed by atoms with Crippen molar-refractivity contribution in [2.75, 3.05) is 53.6 Å². The third kappa shape index (κ3) is 4.29. The van der Waals surface area contributed by atoms with Gasteiger partial charge in [-0.25, -0.2) is 4.98 Å². The largest absolute Gasteiger partial charge is 0.505 e. The Hall–Kier alpha value is -3.89. The number of imidazole rings is 1. The fraction of sp³-hybridized carbons (Fsp3) is 0.393. The van der Waals surface area contributed by atoms with Gasteiger partial charge in [0, 0.05) is 37.9 Å². The Kier molecular flexibility index (Phi) is 7.09. The number of ether oxygens (including phenoxy) is 3. The van der Waals surface area contributed by atoms with Crippen LogP contribution in [-0.4, -0.2) is 89.6 Å². The van der Waals surface area contributed by atoms with Gasteiger partial charge in [0.05, 0.1) is 44.7 Å². The van der Waals surface area contributed by atoms with E-state index < -0.39 is 17.7 Å². The Bertz CT molecular complexity index is 1420. The van der Waals surface area contributed by atoms with Crippen LogP contribution in [0.3, 0.4) is 0 Å². The molecule has 10 heteroatoms. The number of aliphatic hydroxyl groups excluding tert-OH is 1. The van der Waals surface area contributed by atoms with E-state index in [-0.39, 0.29) is 17.9 Å². The van der Waals surface area contributed by atoms with Crippen molar-refractivity contribution in [3.63, 3.8) is 0 Å². The summed E-state index contributed by atoms with van der Waals surface area (Å²) in [6.45, 7) is 7.30. The van der Waals surface area contributed by atoms with E-state index in [4.69, 9.17) is 14.2 Å². The van der Waals surface area contributed by atoms with Gasteiger partial charge < -0.3 is 24.2 Å². The summed E-state index contributed by atoms with van der Waals surface area (Å²) in [4.78, 5) is 35.4. The molecule has 0 bridgehead atoms. The second-order valence-electron chi connectivity index (χ2n) is 9.46. The number of aliphatic hydroxyl groups is 1. The number of Topliss-reactive ketones (excluding diaryl/α,β-unsaturated/α-hetero) is 1.